The number of imidazole rings is 1. The second-order valence-corrected chi connectivity index (χ2v) is 12.3. The van der Waals surface area contributed by atoms with Crippen molar-refractivity contribution in [3.05, 3.63) is 89.2 Å². The van der Waals surface area contributed by atoms with E-state index in [4.69, 9.17) is 30.8 Å². The summed E-state index contributed by atoms with van der Waals surface area (Å²) >= 11 is 6.06. The van der Waals surface area contributed by atoms with E-state index in [1.807, 2.05) is 80.3 Å². The Morgan fingerprint density at radius 1 is 0.976 bits per heavy atom. The van der Waals surface area contributed by atoms with Crippen molar-refractivity contribution >= 4 is 28.7 Å². The van der Waals surface area contributed by atoms with Gasteiger partial charge in [0.25, 0.3) is 0 Å². The molecule has 1 aliphatic heterocycles. The number of ether oxygens (including phenoxy) is 3. The molecule has 42 heavy (non-hydrogen) atoms. The molecular formula is C34H40ClN3O4. The van der Waals surface area contributed by atoms with Crippen LogP contribution in [-0.2, 0) is 24.5 Å². The van der Waals surface area contributed by atoms with E-state index in [9.17, 15) is 4.79 Å². The van der Waals surface area contributed by atoms with Gasteiger partial charge in [-0.3, -0.25) is 0 Å². The summed E-state index contributed by atoms with van der Waals surface area (Å²) in [6.45, 7) is 8.82. The highest BCUT2D eigenvalue weighted by atomic mass is 35.5. The molecule has 0 radical (unpaired) electrons. The Morgan fingerprint density at radius 2 is 1.76 bits per heavy atom. The SMILES string of the molecule is CC(C)(C)OC(=O)N1CCC[C@H](CCCn2c(COc3ccc(Cl)cc3)nc3c(OCc4ccccc4)cccc32)C1. The second-order valence-electron chi connectivity index (χ2n) is 11.9. The van der Waals surface area contributed by atoms with Crippen LogP contribution in [0.4, 0.5) is 4.79 Å². The molecule has 0 spiro atoms. The normalized spacial score (nSPS) is 15.5. The lowest BCUT2D eigenvalue weighted by Crippen LogP contribution is -2.42. The number of rotatable bonds is 10. The molecule has 2 heterocycles. The molecule has 1 aliphatic rings. The predicted molar refractivity (Wildman–Crippen MR) is 166 cm³/mol. The number of carbonyl (C=O) groups excluding carboxylic acids is 1. The average Bonchev–Trinajstić information content (AvgIpc) is 3.33. The maximum atomic E-state index is 12.7. The molecule has 0 aliphatic carbocycles. The van der Waals surface area contributed by atoms with Crippen molar-refractivity contribution in [3.8, 4) is 11.5 Å². The van der Waals surface area contributed by atoms with E-state index < -0.39 is 5.60 Å². The number of nitrogens with zero attached hydrogens (tertiary/aromatic N) is 3. The molecule has 7 nitrogen and oxygen atoms in total. The first-order valence-corrected chi connectivity index (χ1v) is 15.1. The Kier molecular flexibility index (Phi) is 9.58. The zero-order valence-electron chi connectivity index (χ0n) is 24.7. The third-order valence-electron chi connectivity index (χ3n) is 7.40. The van der Waals surface area contributed by atoms with Crippen LogP contribution in [0.2, 0.25) is 5.02 Å². The number of hydrogen-bond donors (Lipinski definition) is 0. The van der Waals surface area contributed by atoms with Gasteiger partial charge in [0.2, 0.25) is 0 Å². The van der Waals surface area contributed by atoms with E-state index in [-0.39, 0.29) is 6.09 Å². The van der Waals surface area contributed by atoms with Crippen molar-refractivity contribution in [1.82, 2.24) is 14.5 Å². The van der Waals surface area contributed by atoms with Gasteiger partial charge >= 0.3 is 6.09 Å². The largest absolute Gasteiger partial charge is 0.487 e. The number of halogens is 1. The number of piperidine rings is 1. The Balaban J connectivity index is 1.30. The first-order chi connectivity index (χ1) is 20.2. The van der Waals surface area contributed by atoms with Gasteiger partial charge in [-0.25, -0.2) is 9.78 Å². The molecular weight excluding hydrogens is 550 g/mol. The monoisotopic (exact) mass is 589 g/mol. The van der Waals surface area contributed by atoms with E-state index in [2.05, 4.69) is 22.8 Å². The number of para-hydroxylation sites is 1. The minimum absolute atomic E-state index is 0.211. The van der Waals surface area contributed by atoms with E-state index in [0.29, 0.717) is 24.2 Å². The van der Waals surface area contributed by atoms with Crippen LogP contribution in [0.25, 0.3) is 11.0 Å². The molecule has 0 saturated carbocycles. The minimum atomic E-state index is -0.485. The quantitative estimate of drug-likeness (QED) is 0.186. The highest BCUT2D eigenvalue weighted by Crippen LogP contribution is 2.29. The number of aromatic nitrogens is 2. The molecule has 1 atom stereocenters. The Labute approximate surface area is 253 Å². The summed E-state index contributed by atoms with van der Waals surface area (Å²) in [7, 11) is 0. The highest BCUT2D eigenvalue weighted by Gasteiger charge is 2.27. The van der Waals surface area contributed by atoms with Crippen molar-refractivity contribution < 1.29 is 19.0 Å². The Morgan fingerprint density at radius 3 is 2.52 bits per heavy atom. The Hall–Kier alpha value is -3.71. The van der Waals surface area contributed by atoms with Gasteiger partial charge in [0.05, 0.1) is 5.52 Å². The number of carbonyl (C=O) groups is 1. The average molecular weight is 590 g/mol. The standard InChI is InChI=1S/C34H40ClN3O4/c1-34(2,3)42-33(39)37-20-8-12-25(22-37)13-9-21-38-29-14-7-15-30(41-23-26-10-5-4-6-11-26)32(29)36-31(38)24-40-28-18-16-27(35)17-19-28/h4-7,10-11,14-19,25H,8-9,12-13,20-24H2,1-3H3/t25-/m1/s1. The van der Waals surface area contributed by atoms with Gasteiger partial charge in [-0.05, 0) is 94.3 Å². The van der Waals surface area contributed by atoms with Crippen LogP contribution in [0.1, 0.15) is 57.8 Å². The zero-order chi connectivity index (χ0) is 29.5. The van der Waals surface area contributed by atoms with Crippen LogP contribution in [0.15, 0.2) is 72.8 Å². The second kappa shape index (κ2) is 13.5. The van der Waals surface area contributed by atoms with Crippen molar-refractivity contribution in [2.24, 2.45) is 5.92 Å². The van der Waals surface area contributed by atoms with Crippen LogP contribution in [0.3, 0.4) is 0 Å². The van der Waals surface area contributed by atoms with Gasteiger partial charge in [-0.15, -0.1) is 0 Å². The molecule has 0 unspecified atom stereocenters. The van der Waals surface area contributed by atoms with Crippen LogP contribution in [0, 0.1) is 5.92 Å². The maximum Gasteiger partial charge on any atom is 0.410 e. The lowest BCUT2D eigenvalue weighted by atomic mass is 9.93. The number of amides is 1. The van der Waals surface area contributed by atoms with Gasteiger partial charge < -0.3 is 23.7 Å². The van der Waals surface area contributed by atoms with Crippen molar-refractivity contribution in [3.63, 3.8) is 0 Å². The summed E-state index contributed by atoms with van der Waals surface area (Å²) in [6.07, 6.45) is 3.88. The maximum absolute atomic E-state index is 12.7. The topological polar surface area (TPSA) is 65.8 Å². The van der Waals surface area contributed by atoms with Gasteiger partial charge in [0.15, 0.2) is 0 Å². The van der Waals surface area contributed by atoms with Crippen LogP contribution in [0.5, 0.6) is 11.5 Å². The molecule has 4 aromatic rings. The van der Waals surface area contributed by atoms with E-state index in [0.717, 1.165) is 79.2 Å². The molecule has 5 rings (SSSR count). The zero-order valence-corrected chi connectivity index (χ0v) is 25.5. The summed E-state index contributed by atoms with van der Waals surface area (Å²) in [4.78, 5) is 19.5. The third-order valence-corrected chi connectivity index (χ3v) is 7.66. The number of benzene rings is 3. The van der Waals surface area contributed by atoms with E-state index >= 15 is 0 Å². The molecule has 0 bridgehead atoms. The predicted octanol–water partition coefficient (Wildman–Crippen LogP) is 8.28. The number of hydrogen-bond acceptors (Lipinski definition) is 5. The summed E-state index contributed by atoms with van der Waals surface area (Å²) in [5.41, 5.74) is 2.47. The molecule has 222 valence electrons. The molecule has 3 aromatic carbocycles. The first kappa shape index (κ1) is 29.8. The molecule has 1 aromatic heterocycles. The fourth-order valence-corrected chi connectivity index (χ4v) is 5.52. The third kappa shape index (κ3) is 7.97. The van der Waals surface area contributed by atoms with Crippen molar-refractivity contribution in [2.75, 3.05) is 13.1 Å². The van der Waals surface area contributed by atoms with Crippen LogP contribution in [-0.4, -0.2) is 39.2 Å². The van der Waals surface area contributed by atoms with Crippen LogP contribution < -0.4 is 9.47 Å². The number of aryl methyl sites for hydroxylation is 1. The summed E-state index contributed by atoms with van der Waals surface area (Å²) < 4.78 is 20.2. The fraction of sp³-hybridized carbons (Fsp3) is 0.412. The first-order valence-electron chi connectivity index (χ1n) is 14.8. The lowest BCUT2D eigenvalue weighted by molar-refractivity contribution is 0.0160. The smallest absolute Gasteiger partial charge is 0.410 e. The minimum Gasteiger partial charge on any atom is -0.487 e. The van der Waals surface area contributed by atoms with Gasteiger partial charge in [0, 0.05) is 24.7 Å². The molecule has 1 amide bonds. The molecule has 1 saturated heterocycles. The lowest BCUT2D eigenvalue weighted by Gasteiger charge is -2.34. The van der Waals surface area contributed by atoms with Gasteiger partial charge in [-0.1, -0.05) is 48.0 Å². The van der Waals surface area contributed by atoms with Crippen molar-refractivity contribution in [2.45, 2.75) is 71.8 Å². The highest BCUT2D eigenvalue weighted by molar-refractivity contribution is 6.30. The van der Waals surface area contributed by atoms with Crippen molar-refractivity contribution in [1.29, 1.82) is 0 Å². The molecule has 0 N–H and O–H groups in total. The summed E-state index contributed by atoms with van der Waals surface area (Å²) in [5, 5.41) is 0.669. The molecule has 8 heteroatoms. The van der Waals surface area contributed by atoms with Crippen LogP contribution >= 0.6 is 11.6 Å². The van der Waals surface area contributed by atoms with Gasteiger partial charge in [-0.2, -0.15) is 0 Å². The molecule has 1 fully saturated rings. The van der Waals surface area contributed by atoms with E-state index in [1.54, 1.807) is 0 Å². The van der Waals surface area contributed by atoms with Gasteiger partial charge in [0.1, 0.15) is 41.7 Å². The summed E-state index contributed by atoms with van der Waals surface area (Å²) in [6, 6.07) is 23.6. The number of likely N-dealkylation sites (tertiary alicyclic amines) is 1. The number of fused-ring (bicyclic) bond motifs is 1. The fourth-order valence-electron chi connectivity index (χ4n) is 5.39. The Bertz CT molecular complexity index is 1460. The summed E-state index contributed by atoms with van der Waals surface area (Å²) in [5.74, 6) is 2.78. The van der Waals surface area contributed by atoms with E-state index in [1.165, 1.54) is 0 Å².